The first kappa shape index (κ1) is 22.9. The van der Waals surface area contributed by atoms with Gasteiger partial charge in [0, 0.05) is 31.8 Å². The van der Waals surface area contributed by atoms with Crippen LogP contribution in [-0.4, -0.2) is 34.3 Å². The van der Waals surface area contributed by atoms with Crippen molar-refractivity contribution >= 4 is 17.5 Å². The molecule has 2 atom stereocenters. The van der Waals surface area contributed by atoms with Crippen LogP contribution >= 0.6 is 0 Å². The number of aryl methyl sites for hydroxylation is 1. The highest BCUT2D eigenvalue weighted by molar-refractivity contribution is 5.94. The standard InChI is InChI=1S/C25H28F2N4O2/c1-14-7-8-31-21(11-16-5-4-6-18(10-16)29-15(2)32)24(30-22(31)9-14)23-19(26)12-17(13-20(23)27)25(33)28-3/h7-9,12-13,16,18H,4-6,10-11H2,1-3H3,(H,28,33)(H,29,32)/t16-,18+/m1/s1. The van der Waals surface area contributed by atoms with Gasteiger partial charge in [0.15, 0.2) is 0 Å². The Balaban J connectivity index is 1.78. The lowest BCUT2D eigenvalue weighted by molar-refractivity contribution is -0.119. The molecule has 0 spiro atoms. The molecule has 1 fully saturated rings. The molecule has 6 nitrogen and oxygen atoms in total. The van der Waals surface area contributed by atoms with E-state index in [1.807, 2.05) is 29.7 Å². The van der Waals surface area contributed by atoms with Crippen LogP contribution in [0, 0.1) is 24.5 Å². The number of amides is 2. The number of rotatable bonds is 5. The van der Waals surface area contributed by atoms with Crippen LogP contribution in [0.5, 0.6) is 0 Å². The summed E-state index contributed by atoms with van der Waals surface area (Å²) in [6, 6.07) is 6.01. The number of nitrogens with zero attached hydrogens (tertiary/aromatic N) is 2. The van der Waals surface area contributed by atoms with Crippen LogP contribution in [0.3, 0.4) is 0 Å². The van der Waals surface area contributed by atoms with Gasteiger partial charge in [-0.2, -0.15) is 0 Å². The van der Waals surface area contributed by atoms with Crippen LogP contribution in [0.2, 0.25) is 0 Å². The van der Waals surface area contributed by atoms with Gasteiger partial charge >= 0.3 is 0 Å². The number of hydrogen-bond donors (Lipinski definition) is 2. The molecule has 0 radical (unpaired) electrons. The first-order valence-corrected chi connectivity index (χ1v) is 11.2. The van der Waals surface area contributed by atoms with Gasteiger partial charge in [-0.05, 0) is 68.4 Å². The third kappa shape index (κ3) is 4.74. The third-order valence-corrected chi connectivity index (χ3v) is 6.32. The molecule has 0 unspecified atom stereocenters. The highest BCUT2D eigenvalue weighted by Gasteiger charge is 2.28. The molecule has 0 aliphatic heterocycles. The summed E-state index contributed by atoms with van der Waals surface area (Å²) in [5.74, 6) is -2.01. The average molecular weight is 455 g/mol. The minimum atomic E-state index is -0.824. The Morgan fingerprint density at radius 3 is 2.58 bits per heavy atom. The molecule has 8 heteroatoms. The van der Waals surface area contributed by atoms with Gasteiger partial charge in [0.25, 0.3) is 5.91 Å². The molecule has 1 aliphatic rings. The molecule has 2 N–H and O–H groups in total. The highest BCUT2D eigenvalue weighted by atomic mass is 19.1. The van der Waals surface area contributed by atoms with E-state index in [0.29, 0.717) is 12.1 Å². The van der Waals surface area contributed by atoms with Crippen molar-refractivity contribution in [1.82, 2.24) is 20.0 Å². The van der Waals surface area contributed by atoms with E-state index in [9.17, 15) is 9.59 Å². The summed E-state index contributed by atoms with van der Waals surface area (Å²) < 4.78 is 32.2. The van der Waals surface area contributed by atoms with Crippen LogP contribution < -0.4 is 10.6 Å². The highest BCUT2D eigenvalue weighted by Crippen LogP contribution is 2.35. The van der Waals surface area contributed by atoms with Crippen LogP contribution in [-0.2, 0) is 11.2 Å². The van der Waals surface area contributed by atoms with Crippen molar-refractivity contribution in [2.75, 3.05) is 7.05 Å². The van der Waals surface area contributed by atoms with Gasteiger partial charge in [-0.15, -0.1) is 0 Å². The van der Waals surface area contributed by atoms with Crippen LogP contribution in [0.1, 0.15) is 54.2 Å². The van der Waals surface area contributed by atoms with E-state index >= 15 is 8.78 Å². The SMILES string of the molecule is CNC(=O)c1cc(F)c(-c2nc3cc(C)ccn3c2C[C@@H]2CCC[C@H](NC(C)=O)C2)c(F)c1. The molecular weight excluding hydrogens is 426 g/mol. The number of hydrogen-bond acceptors (Lipinski definition) is 3. The summed E-state index contributed by atoms with van der Waals surface area (Å²) in [6.07, 6.45) is 6.13. The summed E-state index contributed by atoms with van der Waals surface area (Å²) in [4.78, 5) is 28.0. The van der Waals surface area contributed by atoms with Gasteiger partial charge in [-0.3, -0.25) is 9.59 Å². The Kier molecular flexibility index (Phi) is 6.44. The van der Waals surface area contributed by atoms with Gasteiger partial charge in [0.1, 0.15) is 17.3 Å². The van der Waals surface area contributed by atoms with Gasteiger partial charge in [0.05, 0.1) is 17.0 Å². The van der Waals surface area contributed by atoms with Crippen LogP contribution in [0.25, 0.3) is 16.9 Å². The molecule has 2 aromatic heterocycles. The fourth-order valence-electron chi connectivity index (χ4n) is 4.84. The smallest absolute Gasteiger partial charge is 0.251 e. The number of fused-ring (bicyclic) bond motifs is 1. The molecule has 33 heavy (non-hydrogen) atoms. The topological polar surface area (TPSA) is 75.5 Å². The Labute approximate surface area is 191 Å². The molecule has 0 bridgehead atoms. The Morgan fingerprint density at radius 2 is 1.91 bits per heavy atom. The normalized spacial score (nSPS) is 18.3. The molecule has 1 aromatic carbocycles. The number of halogens is 2. The molecule has 0 saturated heterocycles. The summed E-state index contributed by atoms with van der Waals surface area (Å²) in [5, 5.41) is 5.39. The number of carbonyl (C=O) groups is 2. The molecule has 3 aromatic rings. The fraction of sp³-hybridized carbons (Fsp3) is 0.400. The number of carbonyl (C=O) groups excluding carboxylic acids is 2. The zero-order chi connectivity index (χ0) is 23.7. The summed E-state index contributed by atoms with van der Waals surface area (Å²) in [6.45, 7) is 3.45. The fourth-order valence-corrected chi connectivity index (χ4v) is 4.84. The number of imidazole rings is 1. The zero-order valence-corrected chi connectivity index (χ0v) is 19.0. The van der Waals surface area contributed by atoms with Crippen molar-refractivity contribution in [3.8, 4) is 11.3 Å². The number of nitrogens with one attached hydrogen (secondary N) is 2. The lowest BCUT2D eigenvalue weighted by atomic mass is 9.82. The van der Waals surface area contributed by atoms with E-state index in [1.165, 1.54) is 14.0 Å². The molecule has 2 heterocycles. The van der Waals surface area contributed by atoms with Crippen molar-refractivity contribution in [3.05, 3.63) is 58.9 Å². The lowest BCUT2D eigenvalue weighted by Gasteiger charge is -2.29. The largest absolute Gasteiger partial charge is 0.355 e. The third-order valence-electron chi connectivity index (χ3n) is 6.32. The predicted molar refractivity (Wildman–Crippen MR) is 122 cm³/mol. The monoisotopic (exact) mass is 454 g/mol. The summed E-state index contributed by atoms with van der Waals surface area (Å²) >= 11 is 0. The maximum atomic E-state index is 15.1. The lowest BCUT2D eigenvalue weighted by Crippen LogP contribution is -2.37. The maximum absolute atomic E-state index is 15.1. The first-order valence-electron chi connectivity index (χ1n) is 11.2. The molecule has 1 saturated carbocycles. The van der Waals surface area contributed by atoms with Gasteiger partial charge in [0.2, 0.25) is 5.91 Å². The van der Waals surface area contributed by atoms with E-state index in [2.05, 4.69) is 15.6 Å². The number of pyridine rings is 1. The maximum Gasteiger partial charge on any atom is 0.251 e. The Morgan fingerprint density at radius 1 is 1.18 bits per heavy atom. The zero-order valence-electron chi connectivity index (χ0n) is 19.0. The van der Waals surface area contributed by atoms with E-state index in [0.717, 1.165) is 49.1 Å². The van der Waals surface area contributed by atoms with Crippen molar-refractivity contribution in [1.29, 1.82) is 0 Å². The van der Waals surface area contributed by atoms with Crippen molar-refractivity contribution in [3.63, 3.8) is 0 Å². The predicted octanol–water partition coefficient (Wildman–Crippen LogP) is 4.18. The Hall–Kier alpha value is -3.29. The quantitative estimate of drug-likeness (QED) is 0.607. The van der Waals surface area contributed by atoms with Crippen molar-refractivity contribution in [2.24, 2.45) is 5.92 Å². The van der Waals surface area contributed by atoms with E-state index in [-0.39, 0.29) is 34.7 Å². The number of benzene rings is 1. The van der Waals surface area contributed by atoms with Gasteiger partial charge < -0.3 is 15.0 Å². The molecule has 174 valence electrons. The number of aromatic nitrogens is 2. The second-order valence-electron chi connectivity index (χ2n) is 8.87. The minimum absolute atomic E-state index is 0.0491. The van der Waals surface area contributed by atoms with E-state index in [1.54, 1.807) is 0 Å². The first-order chi connectivity index (χ1) is 15.8. The molecule has 4 rings (SSSR count). The van der Waals surface area contributed by atoms with Gasteiger partial charge in [-0.1, -0.05) is 6.42 Å². The van der Waals surface area contributed by atoms with E-state index < -0.39 is 17.5 Å². The van der Waals surface area contributed by atoms with Crippen molar-refractivity contribution in [2.45, 2.75) is 52.0 Å². The van der Waals surface area contributed by atoms with Gasteiger partial charge in [-0.25, -0.2) is 13.8 Å². The molecule has 2 amide bonds. The van der Waals surface area contributed by atoms with Crippen LogP contribution in [0.15, 0.2) is 30.5 Å². The van der Waals surface area contributed by atoms with Crippen LogP contribution in [0.4, 0.5) is 8.78 Å². The van der Waals surface area contributed by atoms with Crippen molar-refractivity contribution < 1.29 is 18.4 Å². The summed E-state index contributed by atoms with van der Waals surface area (Å²) in [7, 11) is 1.41. The molecular formula is C25H28F2N4O2. The average Bonchev–Trinajstić information content (AvgIpc) is 3.09. The Bertz CT molecular complexity index is 1200. The van der Waals surface area contributed by atoms with E-state index in [4.69, 9.17) is 0 Å². The molecule has 1 aliphatic carbocycles. The second-order valence-corrected chi connectivity index (χ2v) is 8.87. The minimum Gasteiger partial charge on any atom is -0.355 e. The second kappa shape index (κ2) is 9.29. The summed E-state index contributed by atoms with van der Waals surface area (Å²) in [5.41, 5.74) is 2.27.